The number of benzene rings is 1. The zero-order valence-electron chi connectivity index (χ0n) is 10.0. The van der Waals surface area contributed by atoms with E-state index in [1.807, 2.05) is 6.92 Å². The van der Waals surface area contributed by atoms with E-state index < -0.39 is 0 Å². The first-order valence-electron chi connectivity index (χ1n) is 5.51. The minimum Gasteiger partial charge on any atom is -0.382 e. The second-order valence-electron chi connectivity index (χ2n) is 4.04. The van der Waals surface area contributed by atoms with Crippen LogP contribution in [0.15, 0.2) is 18.2 Å². The van der Waals surface area contributed by atoms with Gasteiger partial charge in [0.25, 0.3) is 0 Å². The lowest BCUT2D eigenvalue weighted by atomic mass is 10.0. The summed E-state index contributed by atoms with van der Waals surface area (Å²) in [6.07, 6.45) is 1.71. The number of Topliss-reactive ketones (excluding diaryl/α,β-unsaturated/α-hetero) is 1. The lowest BCUT2D eigenvalue weighted by molar-refractivity contribution is -0.119. The van der Waals surface area contributed by atoms with Crippen LogP contribution < -0.4 is 0 Å². The highest BCUT2D eigenvalue weighted by Gasteiger charge is 2.09. The van der Waals surface area contributed by atoms with E-state index in [1.165, 1.54) is 0 Å². The van der Waals surface area contributed by atoms with Crippen LogP contribution in [0.3, 0.4) is 0 Å². The van der Waals surface area contributed by atoms with Crippen molar-refractivity contribution in [1.29, 1.82) is 0 Å². The lowest BCUT2D eigenvalue weighted by Gasteiger charge is -2.08. The zero-order valence-corrected chi connectivity index (χ0v) is 11.5. The molecule has 4 heteroatoms. The van der Waals surface area contributed by atoms with Crippen molar-refractivity contribution in [2.75, 3.05) is 7.11 Å². The SMILES string of the molecule is COC(C)CCC(=O)Cc1ccc(Cl)cc1Cl. The molecule has 0 aliphatic carbocycles. The van der Waals surface area contributed by atoms with Crippen molar-refractivity contribution in [3.63, 3.8) is 0 Å². The van der Waals surface area contributed by atoms with Crippen LogP contribution in [0.2, 0.25) is 10.0 Å². The topological polar surface area (TPSA) is 26.3 Å². The van der Waals surface area contributed by atoms with Crippen molar-refractivity contribution >= 4 is 29.0 Å². The van der Waals surface area contributed by atoms with Gasteiger partial charge < -0.3 is 4.74 Å². The molecule has 1 unspecified atom stereocenters. The number of hydrogen-bond acceptors (Lipinski definition) is 2. The molecule has 2 nitrogen and oxygen atoms in total. The van der Waals surface area contributed by atoms with Gasteiger partial charge in [0.1, 0.15) is 5.78 Å². The Labute approximate surface area is 112 Å². The molecule has 0 fully saturated rings. The molecule has 0 heterocycles. The molecule has 0 spiro atoms. The monoisotopic (exact) mass is 274 g/mol. The van der Waals surface area contributed by atoms with E-state index in [1.54, 1.807) is 25.3 Å². The van der Waals surface area contributed by atoms with Gasteiger partial charge in [-0.05, 0) is 31.0 Å². The summed E-state index contributed by atoms with van der Waals surface area (Å²) in [6, 6.07) is 5.19. The molecule has 1 aromatic rings. The Morgan fingerprint density at radius 3 is 2.71 bits per heavy atom. The van der Waals surface area contributed by atoms with Crippen molar-refractivity contribution in [1.82, 2.24) is 0 Å². The predicted molar refractivity (Wildman–Crippen MR) is 70.9 cm³/mol. The third kappa shape index (κ3) is 5.07. The third-order valence-electron chi connectivity index (χ3n) is 2.63. The highest BCUT2D eigenvalue weighted by molar-refractivity contribution is 6.35. The fourth-order valence-electron chi connectivity index (χ4n) is 1.45. The molecule has 0 saturated carbocycles. The molecule has 1 aromatic carbocycles. The maximum atomic E-state index is 11.7. The molecule has 0 N–H and O–H groups in total. The Morgan fingerprint density at radius 2 is 2.12 bits per heavy atom. The van der Waals surface area contributed by atoms with E-state index in [2.05, 4.69) is 0 Å². The van der Waals surface area contributed by atoms with Crippen LogP contribution in [0.25, 0.3) is 0 Å². The van der Waals surface area contributed by atoms with Gasteiger partial charge in [-0.2, -0.15) is 0 Å². The van der Waals surface area contributed by atoms with Gasteiger partial charge in [-0.1, -0.05) is 29.3 Å². The maximum Gasteiger partial charge on any atom is 0.137 e. The second-order valence-corrected chi connectivity index (χ2v) is 4.88. The average Bonchev–Trinajstić information content (AvgIpc) is 2.29. The van der Waals surface area contributed by atoms with E-state index >= 15 is 0 Å². The van der Waals surface area contributed by atoms with E-state index in [-0.39, 0.29) is 11.9 Å². The fourth-order valence-corrected chi connectivity index (χ4v) is 1.92. The molecule has 17 heavy (non-hydrogen) atoms. The van der Waals surface area contributed by atoms with Gasteiger partial charge in [-0.25, -0.2) is 0 Å². The fraction of sp³-hybridized carbons (Fsp3) is 0.462. The van der Waals surface area contributed by atoms with E-state index in [4.69, 9.17) is 27.9 Å². The van der Waals surface area contributed by atoms with Crippen molar-refractivity contribution in [2.24, 2.45) is 0 Å². The first-order valence-corrected chi connectivity index (χ1v) is 6.27. The number of halogens is 2. The Balaban J connectivity index is 2.50. The molecular formula is C13H16Cl2O2. The second kappa shape index (κ2) is 7.00. The maximum absolute atomic E-state index is 11.7. The number of hydrogen-bond donors (Lipinski definition) is 0. The van der Waals surface area contributed by atoms with Gasteiger partial charge in [0.2, 0.25) is 0 Å². The largest absolute Gasteiger partial charge is 0.382 e. The molecule has 0 aliphatic heterocycles. The molecule has 0 aromatic heterocycles. The van der Waals surface area contributed by atoms with Crippen LogP contribution in [0.5, 0.6) is 0 Å². The lowest BCUT2D eigenvalue weighted by Crippen LogP contribution is -2.10. The van der Waals surface area contributed by atoms with Crippen LogP contribution in [0.1, 0.15) is 25.3 Å². The minimum atomic E-state index is 0.111. The van der Waals surface area contributed by atoms with Gasteiger partial charge in [0, 0.05) is 30.0 Å². The van der Waals surface area contributed by atoms with Gasteiger partial charge >= 0.3 is 0 Å². The van der Waals surface area contributed by atoms with Gasteiger partial charge in [-0.15, -0.1) is 0 Å². The summed E-state index contributed by atoms with van der Waals surface area (Å²) in [5.74, 6) is 0.165. The number of methoxy groups -OCH3 is 1. The van der Waals surface area contributed by atoms with Gasteiger partial charge in [-0.3, -0.25) is 4.79 Å². The molecule has 0 aliphatic rings. The van der Waals surface area contributed by atoms with Crippen LogP contribution in [0, 0.1) is 0 Å². The Morgan fingerprint density at radius 1 is 1.41 bits per heavy atom. The Hall–Kier alpha value is -0.570. The summed E-state index contributed by atoms with van der Waals surface area (Å²) >= 11 is 11.8. The number of ether oxygens (including phenoxy) is 1. The molecule has 0 saturated heterocycles. The summed E-state index contributed by atoms with van der Waals surface area (Å²) in [6.45, 7) is 1.95. The normalized spacial score (nSPS) is 12.5. The van der Waals surface area contributed by atoms with Crippen molar-refractivity contribution in [3.8, 4) is 0 Å². The minimum absolute atomic E-state index is 0.111. The molecule has 0 amide bonds. The molecule has 0 radical (unpaired) electrons. The van der Waals surface area contributed by atoms with Crippen molar-refractivity contribution < 1.29 is 9.53 Å². The first kappa shape index (κ1) is 14.5. The van der Waals surface area contributed by atoms with Crippen LogP contribution >= 0.6 is 23.2 Å². The Bertz CT molecular complexity index is 391. The van der Waals surface area contributed by atoms with Crippen LogP contribution in [-0.2, 0) is 16.0 Å². The number of ketones is 1. The summed E-state index contributed by atoms with van der Waals surface area (Å²) in [5, 5.41) is 1.13. The number of rotatable bonds is 6. The smallest absolute Gasteiger partial charge is 0.137 e. The Kier molecular flexibility index (Phi) is 5.96. The van der Waals surface area contributed by atoms with Crippen LogP contribution in [0.4, 0.5) is 0 Å². The quantitative estimate of drug-likeness (QED) is 0.786. The molecule has 0 bridgehead atoms. The van der Waals surface area contributed by atoms with Crippen molar-refractivity contribution in [2.45, 2.75) is 32.3 Å². The third-order valence-corrected chi connectivity index (χ3v) is 3.22. The van der Waals surface area contributed by atoms with E-state index in [9.17, 15) is 4.79 Å². The first-order chi connectivity index (χ1) is 8.02. The summed E-state index contributed by atoms with van der Waals surface area (Å²) in [7, 11) is 1.64. The van der Waals surface area contributed by atoms with Gasteiger partial charge in [0.15, 0.2) is 0 Å². The van der Waals surface area contributed by atoms with E-state index in [0.29, 0.717) is 22.9 Å². The van der Waals surface area contributed by atoms with Crippen molar-refractivity contribution in [3.05, 3.63) is 33.8 Å². The van der Waals surface area contributed by atoms with E-state index in [0.717, 1.165) is 12.0 Å². The summed E-state index contributed by atoms with van der Waals surface area (Å²) in [4.78, 5) is 11.7. The van der Waals surface area contributed by atoms with Crippen LogP contribution in [-0.4, -0.2) is 19.0 Å². The highest BCUT2D eigenvalue weighted by Crippen LogP contribution is 2.22. The average molecular weight is 275 g/mol. The van der Waals surface area contributed by atoms with Gasteiger partial charge in [0.05, 0.1) is 6.10 Å². The summed E-state index contributed by atoms with van der Waals surface area (Å²) < 4.78 is 5.09. The molecule has 1 rings (SSSR count). The number of carbonyl (C=O) groups is 1. The molecular weight excluding hydrogens is 259 g/mol. The standard InChI is InChI=1S/C13H16Cl2O2/c1-9(17-2)3-6-12(16)7-10-4-5-11(14)8-13(10)15/h4-5,8-9H,3,6-7H2,1-2H3. The predicted octanol–water partition coefficient (Wildman–Crippen LogP) is 3.92. The number of carbonyl (C=O) groups excluding carboxylic acids is 1. The highest BCUT2D eigenvalue weighted by atomic mass is 35.5. The molecule has 1 atom stereocenters. The zero-order chi connectivity index (χ0) is 12.8. The molecule has 94 valence electrons. The summed E-state index contributed by atoms with van der Waals surface area (Å²) in [5.41, 5.74) is 0.825.